The lowest BCUT2D eigenvalue weighted by Gasteiger charge is -2.29. The van der Waals surface area contributed by atoms with Gasteiger partial charge >= 0.3 is 0 Å². The molecule has 21 heavy (non-hydrogen) atoms. The van der Waals surface area contributed by atoms with Crippen molar-refractivity contribution in [1.82, 2.24) is 14.9 Å². The Morgan fingerprint density at radius 2 is 2.10 bits per heavy atom. The van der Waals surface area contributed by atoms with E-state index < -0.39 is 0 Å². The first-order chi connectivity index (χ1) is 10.1. The minimum absolute atomic E-state index is 0.686. The fraction of sp³-hybridized carbons (Fsp3) is 0.588. The summed E-state index contributed by atoms with van der Waals surface area (Å²) in [5, 5.41) is 0. The van der Waals surface area contributed by atoms with Crippen LogP contribution in [0.2, 0.25) is 0 Å². The number of imidazole rings is 1. The number of anilines is 1. The van der Waals surface area contributed by atoms with Crippen LogP contribution >= 0.6 is 0 Å². The molecule has 0 radical (unpaired) electrons. The lowest BCUT2D eigenvalue weighted by Crippen LogP contribution is -2.36. The number of nitrogens with one attached hydrogen (secondary N) is 1. The number of nitrogens with two attached hydrogens (primary N) is 1. The van der Waals surface area contributed by atoms with Crippen LogP contribution in [0, 0.1) is 5.92 Å². The van der Waals surface area contributed by atoms with Gasteiger partial charge in [-0.05, 0) is 37.0 Å². The quantitative estimate of drug-likeness (QED) is 0.826. The molecule has 1 aliphatic carbocycles. The molecule has 0 saturated heterocycles. The molecule has 1 aromatic carbocycles. The molecule has 3 N–H and O–H groups in total. The fourth-order valence-electron chi connectivity index (χ4n) is 3.43. The molecule has 0 bridgehead atoms. The molecule has 4 heteroatoms. The van der Waals surface area contributed by atoms with Crippen molar-refractivity contribution >= 4 is 16.7 Å². The van der Waals surface area contributed by atoms with Gasteiger partial charge in [0.05, 0.1) is 17.6 Å². The van der Waals surface area contributed by atoms with Crippen LogP contribution in [-0.2, 0) is 6.54 Å². The van der Waals surface area contributed by atoms with Crippen LogP contribution in [0.25, 0.3) is 11.0 Å². The highest BCUT2D eigenvalue weighted by atomic mass is 15.2. The zero-order chi connectivity index (χ0) is 14.8. The van der Waals surface area contributed by atoms with Gasteiger partial charge in [-0.3, -0.25) is 4.90 Å². The van der Waals surface area contributed by atoms with Gasteiger partial charge in [-0.1, -0.05) is 26.7 Å². The van der Waals surface area contributed by atoms with E-state index in [-0.39, 0.29) is 0 Å². The molecular formula is C17H26N4. The molecule has 114 valence electrons. The Morgan fingerprint density at radius 1 is 1.33 bits per heavy atom. The van der Waals surface area contributed by atoms with E-state index in [1.807, 2.05) is 18.2 Å². The highest BCUT2D eigenvalue weighted by Crippen LogP contribution is 2.26. The zero-order valence-corrected chi connectivity index (χ0v) is 13.1. The monoisotopic (exact) mass is 286 g/mol. The molecule has 3 rings (SSSR count). The van der Waals surface area contributed by atoms with Gasteiger partial charge in [0, 0.05) is 18.3 Å². The highest BCUT2D eigenvalue weighted by Gasteiger charge is 2.24. The summed E-state index contributed by atoms with van der Waals surface area (Å²) in [5.41, 5.74) is 8.68. The minimum atomic E-state index is 0.686. The first-order valence-corrected chi connectivity index (χ1v) is 8.10. The van der Waals surface area contributed by atoms with Crippen LogP contribution in [0.1, 0.15) is 45.4 Å². The number of nitrogens with zero attached hydrogens (tertiary/aromatic N) is 2. The third kappa shape index (κ3) is 3.38. The van der Waals surface area contributed by atoms with Crippen molar-refractivity contribution in [3.63, 3.8) is 0 Å². The topological polar surface area (TPSA) is 57.9 Å². The SMILES string of the molecule is CC(C)CN(Cc1nc2ccc(N)cc2[nH]1)C1CCCC1. The molecular weight excluding hydrogens is 260 g/mol. The summed E-state index contributed by atoms with van der Waals surface area (Å²) in [6, 6.07) is 6.60. The Hall–Kier alpha value is -1.55. The van der Waals surface area contributed by atoms with Gasteiger partial charge in [0.15, 0.2) is 0 Å². The van der Waals surface area contributed by atoms with E-state index >= 15 is 0 Å². The highest BCUT2D eigenvalue weighted by molar-refractivity contribution is 5.78. The molecule has 1 aliphatic rings. The summed E-state index contributed by atoms with van der Waals surface area (Å²) in [6.45, 7) is 6.64. The van der Waals surface area contributed by atoms with Crippen LogP contribution in [0.3, 0.4) is 0 Å². The van der Waals surface area contributed by atoms with Gasteiger partial charge in [0.1, 0.15) is 5.82 Å². The molecule has 0 spiro atoms. The fourth-order valence-corrected chi connectivity index (χ4v) is 3.43. The number of hydrogen-bond acceptors (Lipinski definition) is 3. The maximum Gasteiger partial charge on any atom is 0.121 e. The van der Waals surface area contributed by atoms with E-state index in [1.165, 1.54) is 25.7 Å². The van der Waals surface area contributed by atoms with E-state index in [4.69, 9.17) is 10.7 Å². The molecule has 1 aromatic heterocycles. The lowest BCUT2D eigenvalue weighted by molar-refractivity contribution is 0.165. The van der Waals surface area contributed by atoms with Crippen molar-refractivity contribution in [2.45, 2.75) is 52.1 Å². The standard InChI is InChI=1S/C17H26N4/c1-12(2)10-21(14-5-3-4-6-14)11-17-19-15-8-7-13(18)9-16(15)20-17/h7-9,12,14H,3-6,10-11,18H2,1-2H3,(H,19,20). The molecule has 1 saturated carbocycles. The van der Waals surface area contributed by atoms with E-state index in [9.17, 15) is 0 Å². The maximum absolute atomic E-state index is 5.84. The average molecular weight is 286 g/mol. The Labute approximate surface area is 126 Å². The number of aromatic amines is 1. The number of H-pyrrole nitrogens is 1. The van der Waals surface area contributed by atoms with Crippen LogP contribution in [0.15, 0.2) is 18.2 Å². The van der Waals surface area contributed by atoms with E-state index in [1.54, 1.807) is 0 Å². The Kier molecular flexibility index (Phi) is 4.15. The summed E-state index contributed by atoms with van der Waals surface area (Å²) in [7, 11) is 0. The smallest absolute Gasteiger partial charge is 0.121 e. The normalized spacial score (nSPS) is 16.6. The number of aromatic nitrogens is 2. The summed E-state index contributed by atoms with van der Waals surface area (Å²) in [6.07, 6.45) is 5.41. The van der Waals surface area contributed by atoms with Crippen molar-refractivity contribution in [1.29, 1.82) is 0 Å². The second-order valence-corrected chi connectivity index (χ2v) is 6.72. The van der Waals surface area contributed by atoms with E-state index in [0.717, 1.165) is 41.7 Å². The second-order valence-electron chi connectivity index (χ2n) is 6.72. The molecule has 1 fully saturated rings. The summed E-state index contributed by atoms with van der Waals surface area (Å²) in [5.74, 6) is 1.74. The summed E-state index contributed by atoms with van der Waals surface area (Å²) in [4.78, 5) is 10.8. The Morgan fingerprint density at radius 3 is 2.81 bits per heavy atom. The summed E-state index contributed by atoms with van der Waals surface area (Å²) < 4.78 is 0. The number of benzene rings is 1. The molecule has 2 aromatic rings. The molecule has 0 unspecified atom stereocenters. The maximum atomic E-state index is 5.84. The summed E-state index contributed by atoms with van der Waals surface area (Å²) >= 11 is 0. The lowest BCUT2D eigenvalue weighted by atomic mass is 10.1. The first kappa shape index (κ1) is 14.4. The van der Waals surface area contributed by atoms with Gasteiger partial charge in [0.25, 0.3) is 0 Å². The Balaban J connectivity index is 1.79. The first-order valence-electron chi connectivity index (χ1n) is 8.10. The van der Waals surface area contributed by atoms with Crippen LogP contribution in [-0.4, -0.2) is 27.5 Å². The molecule has 1 heterocycles. The number of rotatable bonds is 5. The van der Waals surface area contributed by atoms with Crippen molar-refractivity contribution in [2.24, 2.45) is 5.92 Å². The van der Waals surface area contributed by atoms with Crippen molar-refractivity contribution in [3.05, 3.63) is 24.0 Å². The third-order valence-electron chi connectivity index (χ3n) is 4.35. The van der Waals surface area contributed by atoms with Crippen LogP contribution < -0.4 is 5.73 Å². The predicted molar refractivity (Wildman–Crippen MR) is 88.0 cm³/mol. The minimum Gasteiger partial charge on any atom is -0.399 e. The predicted octanol–water partition coefficient (Wildman–Crippen LogP) is 3.55. The van der Waals surface area contributed by atoms with Gasteiger partial charge in [-0.25, -0.2) is 4.98 Å². The average Bonchev–Trinajstić information content (AvgIpc) is 3.05. The van der Waals surface area contributed by atoms with Gasteiger partial charge < -0.3 is 10.7 Å². The van der Waals surface area contributed by atoms with E-state index in [0.29, 0.717) is 5.92 Å². The van der Waals surface area contributed by atoms with Crippen LogP contribution in [0.5, 0.6) is 0 Å². The molecule has 0 amide bonds. The molecule has 0 atom stereocenters. The molecule has 4 nitrogen and oxygen atoms in total. The largest absolute Gasteiger partial charge is 0.399 e. The van der Waals surface area contributed by atoms with E-state index in [2.05, 4.69) is 23.7 Å². The van der Waals surface area contributed by atoms with Gasteiger partial charge in [-0.15, -0.1) is 0 Å². The van der Waals surface area contributed by atoms with Crippen molar-refractivity contribution < 1.29 is 0 Å². The number of nitrogen functional groups attached to an aromatic ring is 1. The second kappa shape index (κ2) is 6.06. The van der Waals surface area contributed by atoms with Gasteiger partial charge in [0.2, 0.25) is 0 Å². The number of hydrogen-bond donors (Lipinski definition) is 2. The van der Waals surface area contributed by atoms with Crippen LogP contribution in [0.4, 0.5) is 5.69 Å². The van der Waals surface area contributed by atoms with Crippen molar-refractivity contribution in [2.75, 3.05) is 12.3 Å². The van der Waals surface area contributed by atoms with Gasteiger partial charge in [-0.2, -0.15) is 0 Å². The zero-order valence-electron chi connectivity index (χ0n) is 13.1. The molecule has 0 aliphatic heterocycles. The third-order valence-corrected chi connectivity index (χ3v) is 4.35. The Bertz CT molecular complexity index is 596. The number of fused-ring (bicyclic) bond motifs is 1. The van der Waals surface area contributed by atoms with Crippen molar-refractivity contribution in [3.8, 4) is 0 Å².